The smallest absolute Gasteiger partial charge is 0.118 e. The third kappa shape index (κ3) is 3.39. The molecule has 0 aliphatic carbocycles. The van der Waals surface area contributed by atoms with Gasteiger partial charge in [-0.15, -0.1) is 0 Å². The van der Waals surface area contributed by atoms with Gasteiger partial charge in [-0.2, -0.15) is 0 Å². The molecule has 3 heteroatoms. The lowest BCUT2D eigenvalue weighted by molar-refractivity contribution is 0.414. The topological polar surface area (TPSA) is 9.23 Å². The van der Waals surface area contributed by atoms with Crippen LogP contribution in [0.2, 0.25) is 10.0 Å². The molecule has 0 aliphatic heterocycles. The molecule has 0 fully saturated rings. The zero-order valence-corrected chi connectivity index (χ0v) is 10.9. The Morgan fingerprint density at radius 3 is 2.00 bits per heavy atom. The Labute approximate surface area is 111 Å². The van der Waals surface area contributed by atoms with Crippen molar-refractivity contribution < 1.29 is 4.74 Å². The van der Waals surface area contributed by atoms with Gasteiger partial charge >= 0.3 is 0 Å². The average molecular weight is 267 g/mol. The van der Waals surface area contributed by atoms with Crippen molar-refractivity contribution in [1.29, 1.82) is 0 Å². The van der Waals surface area contributed by atoms with E-state index in [1.807, 2.05) is 36.4 Å². The first-order valence-electron chi connectivity index (χ1n) is 5.25. The molecule has 0 saturated carbocycles. The number of ether oxygens (including phenoxy) is 1. The molecule has 0 heterocycles. The summed E-state index contributed by atoms with van der Waals surface area (Å²) in [6.07, 6.45) is 0.810. The second-order valence-corrected chi connectivity index (χ2v) is 4.68. The Balaban J connectivity index is 2.19. The largest absolute Gasteiger partial charge is 0.497 e. The summed E-state index contributed by atoms with van der Waals surface area (Å²) in [6, 6.07) is 13.6. The van der Waals surface area contributed by atoms with Gasteiger partial charge in [-0.05, 0) is 47.9 Å². The van der Waals surface area contributed by atoms with Gasteiger partial charge < -0.3 is 4.74 Å². The van der Waals surface area contributed by atoms with Crippen LogP contribution in [0.3, 0.4) is 0 Å². The molecule has 0 amide bonds. The van der Waals surface area contributed by atoms with E-state index in [2.05, 4.69) is 0 Å². The number of hydrogen-bond donors (Lipinski definition) is 0. The average Bonchev–Trinajstić information content (AvgIpc) is 2.28. The Morgan fingerprint density at radius 1 is 0.882 bits per heavy atom. The van der Waals surface area contributed by atoms with E-state index in [4.69, 9.17) is 27.9 Å². The normalized spacial score (nSPS) is 10.3. The molecule has 0 radical (unpaired) electrons. The van der Waals surface area contributed by atoms with Gasteiger partial charge in [0.1, 0.15) is 5.75 Å². The molecule has 0 unspecified atom stereocenters. The summed E-state index contributed by atoms with van der Waals surface area (Å²) in [5.74, 6) is 0.859. The summed E-state index contributed by atoms with van der Waals surface area (Å²) >= 11 is 11.9. The predicted octanol–water partition coefficient (Wildman–Crippen LogP) is 4.59. The van der Waals surface area contributed by atoms with Gasteiger partial charge in [0.15, 0.2) is 0 Å². The SMILES string of the molecule is COc1ccc(Cc2cc(Cl)cc(Cl)c2)cc1. The highest BCUT2D eigenvalue weighted by atomic mass is 35.5. The molecule has 2 rings (SSSR count). The minimum Gasteiger partial charge on any atom is -0.497 e. The zero-order valence-electron chi connectivity index (χ0n) is 9.41. The fourth-order valence-electron chi connectivity index (χ4n) is 1.69. The third-order valence-corrected chi connectivity index (χ3v) is 2.93. The van der Waals surface area contributed by atoms with E-state index >= 15 is 0 Å². The van der Waals surface area contributed by atoms with Crippen LogP contribution in [-0.2, 0) is 6.42 Å². The van der Waals surface area contributed by atoms with E-state index in [9.17, 15) is 0 Å². The summed E-state index contributed by atoms with van der Waals surface area (Å²) in [5.41, 5.74) is 2.30. The van der Waals surface area contributed by atoms with E-state index in [1.165, 1.54) is 5.56 Å². The molecule has 1 nitrogen and oxygen atoms in total. The highest BCUT2D eigenvalue weighted by molar-refractivity contribution is 6.34. The molecule has 0 aromatic heterocycles. The van der Waals surface area contributed by atoms with E-state index in [0.717, 1.165) is 17.7 Å². The fraction of sp³-hybridized carbons (Fsp3) is 0.143. The van der Waals surface area contributed by atoms with Gasteiger partial charge in [0, 0.05) is 10.0 Å². The molecular formula is C14H12Cl2O. The summed E-state index contributed by atoms with van der Waals surface area (Å²) in [7, 11) is 1.66. The lowest BCUT2D eigenvalue weighted by Crippen LogP contribution is -1.89. The van der Waals surface area contributed by atoms with Gasteiger partial charge in [0.05, 0.1) is 7.11 Å². The van der Waals surface area contributed by atoms with Crippen LogP contribution in [0.1, 0.15) is 11.1 Å². The van der Waals surface area contributed by atoms with Crippen molar-refractivity contribution in [2.75, 3.05) is 7.11 Å². The zero-order chi connectivity index (χ0) is 12.3. The van der Waals surface area contributed by atoms with Crippen LogP contribution in [0.25, 0.3) is 0 Å². The molecule has 88 valence electrons. The van der Waals surface area contributed by atoms with E-state index < -0.39 is 0 Å². The van der Waals surface area contributed by atoms with Gasteiger partial charge in [-0.25, -0.2) is 0 Å². The quantitative estimate of drug-likeness (QED) is 0.790. The molecule has 0 aliphatic rings. The van der Waals surface area contributed by atoms with Crippen molar-refractivity contribution in [3.8, 4) is 5.75 Å². The Kier molecular flexibility index (Phi) is 3.93. The van der Waals surface area contributed by atoms with E-state index in [-0.39, 0.29) is 0 Å². The second-order valence-electron chi connectivity index (χ2n) is 3.80. The number of rotatable bonds is 3. The van der Waals surface area contributed by atoms with Crippen molar-refractivity contribution in [1.82, 2.24) is 0 Å². The first-order valence-corrected chi connectivity index (χ1v) is 6.01. The highest BCUT2D eigenvalue weighted by Crippen LogP contribution is 2.22. The van der Waals surface area contributed by atoms with Gasteiger partial charge in [-0.1, -0.05) is 35.3 Å². The Morgan fingerprint density at radius 2 is 1.47 bits per heavy atom. The molecule has 0 saturated heterocycles. The molecule has 2 aromatic carbocycles. The van der Waals surface area contributed by atoms with Crippen LogP contribution in [0.4, 0.5) is 0 Å². The molecule has 0 spiro atoms. The molecule has 2 aromatic rings. The summed E-state index contributed by atoms with van der Waals surface area (Å²) in [4.78, 5) is 0. The van der Waals surface area contributed by atoms with Crippen LogP contribution < -0.4 is 4.74 Å². The molecule has 0 bridgehead atoms. The number of benzene rings is 2. The third-order valence-electron chi connectivity index (χ3n) is 2.49. The van der Waals surface area contributed by atoms with Crippen molar-refractivity contribution in [2.45, 2.75) is 6.42 Å². The summed E-state index contributed by atoms with van der Waals surface area (Å²) < 4.78 is 5.12. The number of halogens is 2. The van der Waals surface area contributed by atoms with Crippen LogP contribution in [-0.4, -0.2) is 7.11 Å². The maximum Gasteiger partial charge on any atom is 0.118 e. The van der Waals surface area contributed by atoms with Crippen molar-refractivity contribution in [3.05, 3.63) is 63.6 Å². The van der Waals surface area contributed by atoms with Gasteiger partial charge in [0.2, 0.25) is 0 Å². The maximum absolute atomic E-state index is 5.96. The lowest BCUT2D eigenvalue weighted by Gasteiger charge is -2.05. The maximum atomic E-state index is 5.96. The summed E-state index contributed by atoms with van der Waals surface area (Å²) in [6.45, 7) is 0. The monoisotopic (exact) mass is 266 g/mol. The van der Waals surface area contributed by atoms with Crippen molar-refractivity contribution in [2.24, 2.45) is 0 Å². The van der Waals surface area contributed by atoms with Gasteiger partial charge in [-0.3, -0.25) is 0 Å². The van der Waals surface area contributed by atoms with Crippen LogP contribution in [0, 0.1) is 0 Å². The van der Waals surface area contributed by atoms with E-state index in [0.29, 0.717) is 10.0 Å². The highest BCUT2D eigenvalue weighted by Gasteiger charge is 2.00. The minimum atomic E-state index is 0.668. The first kappa shape index (κ1) is 12.3. The van der Waals surface area contributed by atoms with Gasteiger partial charge in [0.25, 0.3) is 0 Å². The van der Waals surface area contributed by atoms with E-state index in [1.54, 1.807) is 13.2 Å². The molecular weight excluding hydrogens is 255 g/mol. The Hall–Kier alpha value is -1.18. The minimum absolute atomic E-state index is 0.668. The van der Waals surface area contributed by atoms with Crippen LogP contribution in [0.15, 0.2) is 42.5 Å². The van der Waals surface area contributed by atoms with Crippen LogP contribution >= 0.6 is 23.2 Å². The second kappa shape index (κ2) is 5.44. The molecule has 0 N–H and O–H groups in total. The summed E-state index contributed by atoms with van der Waals surface area (Å²) in [5, 5.41) is 1.34. The number of hydrogen-bond acceptors (Lipinski definition) is 1. The van der Waals surface area contributed by atoms with Crippen molar-refractivity contribution in [3.63, 3.8) is 0 Å². The predicted molar refractivity (Wildman–Crippen MR) is 72.3 cm³/mol. The fourth-order valence-corrected chi connectivity index (χ4v) is 2.26. The molecule has 0 atom stereocenters. The van der Waals surface area contributed by atoms with Crippen molar-refractivity contribution >= 4 is 23.2 Å². The number of methoxy groups -OCH3 is 1. The lowest BCUT2D eigenvalue weighted by atomic mass is 10.1. The molecule has 17 heavy (non-hydrogen) atoms. The van der Waals surface area contributed by atoms with Crippen LogP contribution in [0.5, 0.6) is 5.75 Å². The first-order chi connectivity index (χ1) is 8.17. The standard InChI is InChI=1S/C14H12Cl2O/c1-17-14-4-2-10(3-5-14)6-11-7-12(15)9-13(16)8-11/h2-5,7-9H,6H2,1H3. The Bertz CT molecular complexity index is 486.